The fraction of sp³-hybridized carbons (Fsp3) is 0.200. The number of aromatic nitrogens is 2. The van der Waals surface area contributed by atoms with Crippen LogP contribution in [-0.4, -0.2) is 9.36 Å². The first-order chi connectivity index (χ1) is 7.88. The maximum atomic E-state index is 12.8. The SMILES string of the molecule is Cc1ccc(-c2nsc(F)n2)c(C(F)(F)F)c1. The number of alkyl halides is 3. The number of rotatable bonds is 1. The van der Waals surface area contributed by atoms with E-state index in [9.17, 15) is 17.6 Å². The number of hydrogen-bond acceptors (Lipinski definition) is 3. The highest BCUT2D eigenvalue weighted by atomic mass is 32.1. The highest BCUT2D eigenvalue weighted by Crippen LogP contribution is 2.36. The van der Waals surface area contributed by atoms with Gasteiger partial charge in [-0.15, -0.1) is 0 Å². The van der Waals surface area contributed by atoms with E-state index in [1.54, 1.807) is 6.92 Å². The molecule has 2 aromatic rings. The number of aryl methyl sites for hydroxylation is 1. The molecule has 1 heterocycles. The van der Waals surface area contributed by atoms with Crippen molar-refractivity contribution in [1.82, 2.24) is 9.36 Å². The third-order valence-electron chi connectivity index (χ3n) is 2.12. The minimum absolute atomic E-state index is 0.205. The average Bonchev–Trinajstić information content (AvgIpc) is 2.63. The van der Waals surface area contributed by atoms with Crippen molar-refractivity contribution in [3.8, 4) is 11.4 Å². The van der Waals surface area contributed by atoms with Crippen molar-refractivity contribution in [2.45, 2.75) is 13.1 Å². The first kappa shape index (κ1) is 12.0. The van der Waals surface area contributed by atoms with Crippen LogP contribution >= 0.6 is 11.5 Å². The van der Waals surface area contributed by atoms with Gasteiger partial charge < -0.3 is 0 Å². The maximum absolute atomic E-state index is 12.8. The standard InChI is InChI=1S/C10H6F4N2S/c1-5-2-3-6(7(4-5)10(12,13)14)8-15-9(11)17-16-8/h2-4H,1H3. The topological polar surface area (TPSA) is 25.8 Å². The van der Waals surface area contributed by atoms with E-state index >= 15 is 0 Å². The van der Waals surface area contributed by atoms with Gasteiger partial charge in [0.15, 0.2) is 5.82 Å². The smallest absolute Gasteiger partial charge is 0.188 e. The molecule has 2 nitrogen and oxygen atoms in total. The summed E-state index contributed by atoms with van der Waals surface area (Å²) in [4.78, 5) is 3.33. The Labute approximate surface area is 98.1 Å². The molecule has 0 saturated heterocycles. The summed E-state index contributed by atoms with van der Waals surface area (Å²) in [5, 5.41) is -0.853. The van der Waals surface area contributed by atoms with Gasteiger partial charge in [-0.3, -0.25) is 0 Å². The van der Waals surface area contributed by atoms with E-state index in [1.165, 1.54) is 12.1 Å². The Morgan fingerprint density at radius 1 is 1.24 bits per heavy atom. The molecule has 0 amide bonds. The van der Waals surface area contributed by atoms with Crippen LogP contribution in [0.25, 0.3) is 11.4 Å². The summed E-state index contributed by atoms with van der Waals surface area (Å²) in [6, 6.07) is 3.75. The number of nitrogens with zero attached hydrogens (tertiary/aromatic N) is 2. The van der Waals surface area contributed by atoms with Crippen molar-refractivity contribution in [2.75, 3.05) is 0 Å². The zero-order chi connectivity index (χ0) is 12.6. The summed E-state index contributed by atoms with van der Waals surface area (Å²) in [5.41, 5.74) is -0.588. The van der Waals surface area contributed by atoms with Crippen molar-refractivity contribution in [2.24, 2.45) is 0 Å². The van der Waals surface area contributed by atoms with Gasteiger partial charge in [-0.05, 0) is 13.0 Å². The van der Waals surface area contributed by atoms with Crippen LogP contribution in [0.5, 0.6) is 0 Å². The van der Waals surface area contributed by atoms with E-state index in [-0.39, 0.29) is 11.4 Å². The number of benzene rings is 1. The van der Waals surface area contributed by atoms with Gasteiger partial charge in [-0.2, -0.15) is 26.9 Å². The van der Waals surface area contributed by atoms with Crippen LogP contribution in [0.3, 0.4) is 0 Å². The van der Waals surface area contributed by atoms with Gasteiger partial charge in [-0.25, -0.2) is 0 Å². The lowest BCUT2D eigenvalue weighted by Crippen LogP contribution is -2.08. The van der Waals surface area contributed by atoms with E-state index in [0.717, 1.165) is 6.07 Å². The summed E-state index contributed by atoms with van der Waals surface area (Å²) in [6.45, 7) is 1.55. The van der Waals surface area contributed by atoms with E-state index < -0.39 is 17.0 Å². The minimum Gasteiger partial charge on any atom is -0.188 e. The van der Waals surface area contributed by atoms with Crippen LogP contribution in [0.15, 0.2) is 18.2 Å². The Hall–Kier alpha value is -1.50. The van der Waals surface area contributed by atoms with Crippen LogP contribution in [0.2, 0.25) is 0 Å². The lowest BCUT2D eigenvalue weighted by atomic mass is 10.0. The Morgan fingerprint density at radius 2 is 1.94 bits per heavy atom. The third kappa shape index (κ3) is 2.44. The van der Waals surface area contributed by atoms with Crippen LogP contribution in [-0.2, 0) is 6.18 Å². The summed E-state index contributed by atoms with van der Waals surface area (Å²) in [5.74, 6) is -0.236. The Balaban J connectivity index is 2.61. The summed E-state index contributed by atoms with van der Waals surface area (Å²) in [7, 11) is 0. The van der Waals surface area contributed by atoms with E-state index in [2.05, 4.69) is 9.36 Å². The molecule has 1 aromatic carbocycles. The molecule has 7 heteroatoms. The molecule has 17 heavy (non-hydrogen) atoms. The van der Waals surface area contributed by atoms with Crippen molar-refractivity contribution in [3.05, 3.63) is 34.6 Å². The molecular weight excluding hydrogens is 256 g/mol. The molecule has 0 aliphatic heterocycles. The third-order valence-corrected chi connectivity index (χ3v) is 2.63. The van der Waals surface area contributed by atoms with Gasteiger partial charge in [0.2, 0.25) is 0 Å². The molecule has 0 fully saturated rings. The molecule has 0 saturated carbocycles. The molecule has 0 spiro atoms. The largest absolute Gasteiger partial charge is 0.417 e. The second-order valence-corrected chi connectivity index (χ2v) is 4.12. The van der Waals surface area contributed by atoms with Crippen molar-refractivity contribution in [1.29, 1.82) is 0 Å². The molecule has 90 valence electrons. The Morgan fingerprint density at radius 3 is 2.47 bits per heavy atom. The molecule has 0 atom stereocenters. The fourth-order valence-corrected chi connectivity index (χ4v) is 1.83. The summed E-state index contributed by atoms with van der Waals surface area (Å²) in [6.07, 6.45) is -4.51. The molecule has 0 aliphatic rings. The van der Waals surface area contributed by atoms with Gasteiger partial charge in [0.05, 0.1) is 5.56 Å². The lowest BCUT2D eigenvalue weighted by molar-refractivity contribution is -0.137. The first-order valence-corrected chi connectivity index (χ1v) is 5.32. The zero-order valence-electron chi connectivity index (χ0n) is 8.55. The molecule has 0 radical (unpaired) electrons. The van der Waals surface area contributed by atoms with E-state index in [1.807, 2.05) is 0 Å². The molecule has 0 unspecified atom stereocenters. The van der Waals surface area contributed by atoms with Crippen LogP contribution in [0, 0.1) is 12.2 Å². The number of halogens is 4. The fourth-order valence-electron chi connectivity index (χ4n) is 1.40. The van der Waals surface area contributed by atoms with E-state index in [0.29, 0.717) is 17.1 Å². The Kier molecular flexibility index (Phi) is 2.86. The maximum Gasteiger partial charge on any atom is 0.417 e. The van der Waals surface area contributed by atoms with E-state index in [4.69, 9.17) is 0 Å². The predicted octanol–water partition coefficient (Wildman–Crippen LogP) is 3.67. The highest BCUT2D eigenvalue weighted by molar-refractivity contribution is 7.03. The van der Waals surface area contributed by atoms with Crippen molar-refractivity contribution < 1.29 is 17.6 Å². The molecule has 2 rings (SSSR count). The molecule has 0 aliphatic carbocycles. The lowest BCUT2D eigenvalue weighted by Gasteiger charge is -2.11. The van der Waals surface area contributed by atoms with Gasteiger partial charge in [-0.1, -0.05) is 17.7 Å². The molecule has 0 N–H and O–H groups in total. The average molecular weight is 262 g/mol. The quantitative estimate of drug-likeness (QED) is 0.733. The monoisotopic (exact) mass is 262 g/mol. The van der Waals surface area contributed by atoms with Crippen molar-refractivity contribution >= 4 is 11.5 Å². The number of hydrogen-bond donors (Lipinski definition) is 0. The van der Waals surface area contributed by atoms with Crippen LogP contribution in [0.4, 0.5) is 17.6 Å². The van der Waals surface area contributed by atoms with Crippen LogP contribution < -0.4 is 0 Å². The first-order valence-electron chi connectivity index (χ1n) is 4.55. The predicted molar refractivity (Wildman–Crippen MR) is 55.0 cm³/mol. The normalized spacial score (nSPS) is 11.8. The minimum atomic E-state index is -4.51. The zero-order valence-corrected chi connectivity index (χ0v) is 9.36. The summed E-state index contributed by atoms with van der Waals surface area (Å²) >= 11 is 0.428. The van der Waals surface area contributed by atoms with Crippen LogP contribution in [0.1, 0.15) is 11.1 Å². The molecule has 0 bridgehead atoms. The molecule has 1 aromatic heterocycles. The summed E-state index contributed by atoms with van der Waals surface area (Å²) < 4.78 is 54.6. The highest BCUT2D eigenvalue weighted by Gasteiger charge is 2.34. The van der Waals surface area contributed by atoms with Gasteiger partial charge in [0.1, 0.15) is 0 Å². The second kappa shape index (κ2) is 4.06. The van der Waals surface area contributed by atoms with Gasteiger partial charge in [0, 0.05) is 17.1 Å². The Bertz CT molecular complexity index is 547. The van der Waals surface area contributed by atoms with Gasteiger partial charge >= 0.3 is 6.18 Å². The van der Waals surface area contributed by atoms with Crippen molar-refractivity contribution in [3.63, 3.8) is 0 Å². The van der Waals surface area contributed by atoms with Gasteiger partial charge in [0.25, 0.3) is 5.26 Å². The second-order valence-electron chi connectivity index (χ2n) is 3.42. The molecular formula is C10H6F4N2S.